The molecule has 0 spiro atoms. The van der Waals surface area contributed by atoms with E-state index >= 15 is 0 Å². The van der Waals surface area contributed by atoms with Crippen LogP contribution < -0.4 is 5.32 Å². The standard InChI is InChI=1S/C26H36ClN3O5S/c1-20(2)35-16-8-15-28-26(32)24(17-21-9-6-5-7-10-21)30(18-22-11-13-23(27)14-12-22)25(31)19-29(3)36(4,33)34/h5-7,9-14,20,24H,8,15-19H2,1-4H3,(H,28,32)/t24-/m1/s1. The van der Waals surface area contributed by atoms with Gasteiger partial charge < -0.3 is 15.0 Å². The minimum atomic E-state index is -3.59. The van der Waals surface area contributed by atoms with Crippen LogP contribution in [0, 0.1) is 0 Å². The van der Waals surface area contributed by atoms with Crippen LogP contribution in [0.15, 0.2) is 54.6 Å². The highest BCUT2D eigenvalue weighted by Crippen LogP contribution is 2.17. The smallest absolute Gasteiger partial charge is 0.243 e. The molecule has 0 aromatic heterocycles. The molecule has 10 heteroatoms. The van der Waals surface area contributed by atoms with E-state index in [-0.39, 0.29) is 31.5 Å². The van der Waals surface area contributed by atoms with Crippen LogP contribution in [0.3, 0.4) is 0 Å². The topological polar surface area (TPSA) is 96.0 Å². The molecule has 2 aromatic carbocycles. The molecule has 0 heterocycles. The van der Waals surface area contributed by atoms with Crippen LogP contribution in [0.4, 0.5) is 0 Å². The van der Waals surface area contributed by atoms with E-state index in [1.165, 1.54) is 11.9 Å². The maximum absolute atomic E-state index is 13.5. The summed E-state index contributed by atoms with van der Waals surface area (Å²) in [5.41, 5.74) is 1.65. The Balaban J connectivity index is 2.33. The Bertz CT molecular complexity index is 1080. The van der Waals surface area contributed by atoms with Gasteiger partial charge in [-0.3, -0.25) is 9.59 Å². The Kier molecular flexibility index (Phi) is 11.8. The summed E-state index contributed by atoms with van der Waals surface area (Å²) in [6, 6.07) is 15.5. The van der Waals surface area contributed by atoms with Crippen molar-refractivity contribution in [1.82, 2.24) is 14.5 Å². The minimum Gasteiger partial charge on any atom is -0.379 e. The molecule has 0 aliphatic carbocycles. The van der Waals surface area contributed by atoms with E-state index in [0.29, 0.717) is 24.6 Å². The second kappa shape index (κ2) is 14.3. The lowest BCUT2D eigenvalue weighted by Gasteiger charge is -2.32. The van der Waals surface area contributed by atoms with Crippen LogP contribution in [0.1, 0.15) is 31.4 Å². The highest BCUT2D eigenvalue weighted by atomic mass is 35.5. The summed E-state index contributed by atoms with van der Waals surface area (Å²) < 4.78 is 30.5. The largest absolute Gasteiger partial charge is 0.379 e. The van der Waals surface area contributed by atoms with Crippen molar-refractivity contribution in [2.24, 2.45) is 0 Å². The van der Waals surface area contributed by atoms with Crippen LogP contribution in [0.5, 0.6) is 0 Å². The molecule has 2 rings (SSSR count). The maximum atomic E-state index is 13.5. The first-order chi connectivity index (χ1) is 17.0. The van der Waals surface area contributed by atoms with E-state index in [4.69, 9.17) is 16.3 Å². The number of rotatable bonds is 14. The Morgan fingerprint density at radius 3 is 2.25 bits per heavy atom. The Morgan fingerprint density at radius 1 is 1.03 bits per heavy atom. The number of carbonyl (C=O) groups is 2. The van der Waals surface area contributed by atoms with E-state index < -0.39 is 22.0 Å². The number of likely N-dealkylation sites (N-methyl/N-ethyl adjacent to an activating group) is 1. The predicted octanol–water partition coefficient (Wildman–Crippen LogP) is 3.10. The number of nitrogens with zero attached hydrogens (tertiary/aromatic N) is 2. The summed E-state index contributed by atoms with van der Waals surface area (Å²) in [5, 5.41) is 3.48. The Hall–Kier alpha value is -2.46. The lowest BCUT2D eigenvalue weighted by molar-refractivity contribution is -0.141. The highest BCUT2D eigenvalue weighted by Gasteiger charge is 2.31. The third-order valence-electron chi connectivity index (χ3n) is 5.53. The van der Waals surface area contributed by atoms with Gasteiger partial charge in [0.2, 0.25) is 21.8 Å². The van der Waals surface area contributed by atoms with Crippen molar-refractivity contribution in [3.63, 3.8) is 0 Å². The zero-order valence-electron chi connectivity index (χ0n) is 21.3. The monoisotopic (exact) mass is 537 g/mol. The number of carbonyl (C=O) groups excluding carboxylic acids is 2. The van der Waals surface area contributed by atoms with Gasteiger partial charge in [-0.05, 0) is 43.5 Å². The number of benzene rings is 2. The van der Waals surface area contributed by atoms with Gasteiger partial charge in [-0.15, -0.1) is 0 Å². The summed E-state index contributed by atoms with van der Waals surface area (Å²) in [6.07, 6.45) is 2.05. The quantitative estimate of drug-likeness (QED) is 0.374. The van der Waals surface area contributed by atoms with Crippen molar-refractivity contribution in [3.05, 3.63) is 70.7 Å². The summed E-state index contributed by atoms with van der Waals surface area (Å²) in [5.74, 6) is -0.787. The molecule has 0 bridgehead atoms. The molecule has 198 valence electrons. The molecule has 1 N–H and O–H groups in total. The molecule has 0 unspecified atom stereocenters. The first-order valence-electron chi connectivity index (χ1n) is 11.9. The van der Waals surface area contributed by atoms with Gasteiger partial charge in [-0.2, -0.15) is 4.31 Å². The van der Waals surface area contributed by atoms with Crippen LogP contribution in [0.2, 0.25) is 5.02 Å². The molecular weight excluding hydrogens is 502 g/mol. The minimum absolute atomic E-state index is 0.103. The lowest BCUT2D eigenvalue weighted by atomic mass is 10.0. The lowest BCUT2D eigenvalue weighted by Crippen LogP contribution is -2.53. The van der Waals surface area contributed by atoms with Crippen molar-refractivity contribution < 1.29 is 22.7 Å². The average Bonchev–Trinajstić information content (AvgIpc) is 2.82. The van der Waals surface area contributed by atoms with E-state index in [1.54, 1.807) is 24.3 Å². The molecule has 36 heavy (non-hydrogen) atoms. The van der Waals surface area contributed by atoms with Gasteiger partial charge in [0.25, 0.3) is 0 Å². The SMILES string of the molecule is CC(C)OCCCNC(=O)[C@@H](Cc1ccccc1)N(Cc1ccc(Cl)cc1)C(=O)CN(C)S(C)(=O)=O. The van der Waals surface area contributed by atoms with Crippen molar-refractivity contribution >= 4 is 33.4 Å². The third-order valence-corrected chi connectivity index (χ3v) is 7.05. The molecule has 0 saturated carbocycles. The van der Waals surface area contributed by atoms with E-state index in [2.05, 4.69) is 5.32 Å². The molecule has 2 aromatic rings. The summed E-state index contributed by atoms with van der Waals surface area (Å²) in [4.78, 5) is 28.3. The van der Waals surface area contributed by atoms with Crippen LogP contribution >= 0.6 is 11.6 Å². The summed E-state index contributed by atoms with van der Waals surface area (Å²) in [7, 11) is -2.25. The van der Waals surface area contributed by atoms with E-state index in [9.17, 15) is 18.0 Å². The van der Waals surface area contributed by atoms with Crippen molar-refractivity contribution in [2.45, 2.75) is 45.4 Å². The predicted molar refractivity (Wildman–Crippen MR) is 142 cm³/mol. The fraction of sp³-hybridized carbons (Fsp3) is 0.462. The van der Waals surface area contributed by atoms with Gasteiger partial charge in [-0.25, -0.2) is 8.42 Å². The molecule has 0 fully saturated rings. The summed E-state index contributed by atoms with van der Waals surface area (Å²) in [6.45, 7) is 4.53. The van der Waals surface area contributed by atoms with Crippen LogP contribution in [-0.4, -0.2) is 74.6 Å². The van der Waals surface area contributed by atoms with Gasteiger partial charge in [0, 0.05) is 38.2 Å². The number of sulfonamides is 1. The molecular formula is C26H36ClN3O5S. The van der Waals surface area contributed by atoms with Crippen molar-refractivity contribution in [2.75, 3.05) is 33.0 Å². The normalized spacial score (nSPS) is 12.5. The van der Waals surface area contributed by atoms with Crippen molar-refractivity contribution in [1.29, 1.82) is 0 Å². The van der Waals surface area contributed by atoms with Gasteiger partial charge in [-0.1, -0.05) is 54.1 Å². The number of amides is 2. The number of halogens is 1. The first-order valence-corrected chi connectivity index (χ1v) is 14.1. The van der Waals surface area contributed by atoms with E-state index in [1.807, 2.05) is 44.2 Å². The third kappa shape index (κ3) is 10.3. The van der Waals surface area contributed by atoms with Gasteiger partial charge in [0.15, 0.2) is 0 Å². The van der Waals surface area contributed by atoms with Crippen LogP contribution in [-0.2, 0) is 37.3 Å². The van der Waals surface area contributed by atoms with Crippen LogP contribution in [0.25, 0.3) is 0 Å². The number of ether oxygens (including phenoxy) is 1. The zero-order chi connectivity index (χ0) is 26.7. The van der Waals surface area contributed by atoms with E-state index in [0.717, 1.165) is 21.7 Å². The average molecular weight is 538 g/mol. The number of nitrogens with one attached hydrogen (secondary N) is 1. The molecule has 0 radical (unpaired) electrons. The Labute approximate surface area is 219 Å². The van der Waals surface area contributed by atoms with Gasteiger partial charge >= 0.3 is 0 Å². The number of hydrogen-bond acceptors (Lipinski definition) is 5. The molecule has 1 atom stereocenters. The Morgan fingerprint density at radius 2 is 1.67 bits per heavy atom. The fourth-order valence-electron chi connectivity index (χ4n) is 3.46. The molecule has 0 saturated heterocycles. The first kappa shape index (κ1) is 29.8. The molecule has 0 aliphatic rings. The second-order valence-electron chi connectivity index (χ2n) is 8.94. The highest BCUT2D eigenvalue weighted by molar-refractivity contribution is 7.88. The van der Waals surface area contributed by atoms with Gasteiger partial charge in [0.05, 0.1) is 18.9 Å². The second-order valence-corrected chi connectivity index (χ2v) is 11.5. The molecule has 2 amide bonds. The summed E-state index contributed by atoms with van der Waals surface area (Å²) >= 11 is 6.02. The molecule has 0 aliphatic heterocycles. The van der Waals surface area contributed by atoms with Gasteiger partial charge in [0.1, 0.15) is 6.04 Å². The zero-order valence-corrected chi connectivity index (χ0v) is 22.9. The number of hydrogen-bond donors (Lipinski definition) is 1. The van der Waals surface area contributed by atoms with Crippen molar-refractivity contribution in [3.8, 4) is 0 Å². The maximum Gasteiger partial charge on any atom is 0.243 e. The fourth-order valence-corrected chi connectivity index (χ4v) is 3.93. The molecule has 8 nitrogen and oxygen atoms in total.